The molecule has 0 aromatic heterocycles. The van der Waals surface area contributed by atoms with Crippen LogP contribution in [-0.4, -0.2) is 6.54 Å². The fourth-order valence-corrected chi connectivity index (χ4v) is 1.72. The zero-order valence-electron chi connectivity index (χ0n) is 6.80. The van der Waals surface area contributed by atoms with E-state index in [1.54, 1.807) is 0 Å². The lowest BCUT2D eigenvalue weighted by atomic mass is 9.99. The molecular formula is C10H13N. The van der Waals surface area contributed by atoms with Crippen molar-refractivity contribution >= 4 is 5.69 Å². The molecule has 0 bridgehead atoms. The van der Waals surface area contributed by atoms with Crippen LogP contribution in [0.3, 0.4) is 0 Å². The number of benzene rings is 1. The van der Waals surface area contributed by atoms with Gasteiger partial charge in [0.25, 0.3) is 0 Å². The minimum absolute atomic E-state index is 0.742. The highest BCUT2D eigenvalue weighted by atomic mass is 14.9. The molecule has 1 N–H and O–H groups in total. The Kier molecular flexibility index (Phi) is 1.57. The lowest BCUT2D eigenvalue weighted by Gasteiger charge is -2.04. The average molecular weight is 147 g/mol. The first-order valence-corrected chi connectivity index (χ1v) is 4.24. The fourth-order valence-electron chi connectivity index (χ4n) is 1.72. The van der Waals surface area contributed by atoms with Crippen molar-refractivity contribution in [1.29, 1.82) is 0 Å². The molecule has 2 rings (SSSR count). The van der Waals surface area contributed by atoms with E-state index in [0.29, 0.717) is 0 Å². The van der Waals surface area contributed by atoms with Gasteiger partial charge in [0, 0.05) is 18.2 Å². The normalized spacial score (nSPS) is 21.0. The molecule has 1 atom stereocenters. The van der Waals surface area contributed by atoms with Crippen LogP contribution in [0, 0.1) is 0 Å². The van der Waals surface area contributed by atoms with Crippen LogP contribution in [0.2, 0.25) is 0 Å². The van der Waals surface area contributed by atoms with Gasteiger partial charge in [0.15, 0.2) is 0 Å². The maximum Gasteiger partial charge on any atom is 0.0376 e. The largest absolute Gasteiger partial charge is 0.384 e. The van der Waals surface area contributed by atoms with Gasteiger partial charge in [-0.1, -0.05) is 25.1 Å². The number of anilines is 1. The van der Waals surface area contributed by atoms with Crippen LogP contribution in [-0.2, 0) is 0 Å². The molecule has 1 nitrogen and oxygen atoms in total. The maximum atomic E-state index is 3.40. The minimum Gasteiger partial charge on any atom is -0.384 e. The first-order chi connectivity index (χ1) is 5.42. The molecular weight excluding hydrogens is 134 g/mol. The van der Waals surface area contributed by atoms with Gasteiger partial charge in [0.1, 0.15) is 0 Å². The molecule has 0 saturated carbocycles. The number of hydrogen-bond donors (Lipinski definition) is 1. The van der Waals surface area contributed by atoms with Crippen molar-refractivity contribution in [1.82, 2.24) is 0 Å². The van der Waals surface area contributed by atoms with Crippen molar-refractivity contribution in [2.75, 3.05) is 11.9 Å². The van der Waals surface area contributed by atoms with Crippen molar-refractivity contribution in [3.63, 3.8) is 0 Å². The van der Waals surface area contributed by atoms with Gasteiger partial charge in [-0.05, 0) is 18.1 Å². The van der Waals surface area contributed by atoms with Crippen LogP contribution >= 0.6 is 0 Å². The number of para-hydroxylation sites is 1. The Morgan fingerprint density at radius 2 is 2.27 bits per heavy atom. The first kappa shape index (κ1) is 6.71. The van der Waals surface area contributed by atoms with E-state index in [1.807, 2.05) is 0 Å². The third-order valence-corrected chi connectivity index (χ3v) is 2.43. The zero-order valence-corrected chi connectivity index (χ0v) is 6.80. The van der Waals surface area contributed by atoms with E-state index in [0.717, 1.165) is 12.5 Å². The Morgan fingerprint density at radius 1 is 1.45 bits per heavy atom. The first-order valence-electron chi connectivity index (χ1n) is 4.24. The molecule has 1 aromatic rings. The summed E-state index contributed by atoms with van der Waals surface area (Å²) in [4.78, 5) is 0. The Balaban J connectivity index is 2.39. The summed E-state index contributed by atoms with van der Waals surface area (Å²) >= 11 is 0. The summed E-state index contributed by atoms with van der Waals surface area (Å²) in [5, 5.41) is 3.40. The monoisotopic (exact) mass is 147 g/mol. The molecule has 1 heterocycles. The molecule has 1 aliphatic heterocycles. The van der Waals surface area contributed by atoms with Crippen molar-refractivity contribution < 1.29 is 0 Å². The molecule has 1 heteroatoms. The van der Waals surface area contributed by atoms with E-state index in [4.69, 9.17) is 0 Å². The highest BCUT2D eigenvalue weighted by molar-refractivity contribution is 5.57. The van der Waals surface area contributed by atoms with Crippen LogP contribution in [0.4, 0.5) is 5.69 Å². The van der Waals surface area contributed by atoms with Crippen LogP contribution in [0.15, 0.2) is 24.3 Å². The lowest BCUT2D eigenvalue weighted by molar-refractivity contribution is 0.727. The predicted octanol–water partition coefficient (Wildman–Crippen LogP) is 2.61. The van der Waals surface area contributed by atoms with E-state index in [2.05, 4.69) is 36.5 Å². The van der Waals surface area contributed by atoms with Crippen LogP contribution in [0.5, 0.6) is 0 Å². The molecule has 0 saturated heterocycles. The summed E-state index contributed by atoms with van der Waals surface area (Å²) in [5.74, 6) is 0.742. The van der Waals surface area contributed by atoms with E-state index in [1.165, 1.54) is 17.7 Å². The summed E-state index contributed by atoms with van der Waals surface area (Å²) in [5.41, 5.74) is 2.83. The Hall–Kier alpha value is -0.980. The van der Waals surface area contributed by atoms with Crippen LogP contribution in [0.1, 0.15) is 24.8 Å². The summed E-state index contributed by atoms with van der Waals surface area (Å²) in [7, 11) is 0. The number of nitrogens with one attached hydrogen (secondary N) is 1. The topological polar surface area (TPSA) is 12.0 Å². The second kappa shape index (κ2) is 2.57. The predicted molar refractivity (Wildman–Crippen MR) is 48.0 cm³/mol. The van der Waals surface area contributed by atoms with E-state index >= 15 is 0 Å². The molecule has 58 valence electrons. The van der Waals surface area contributed by atoms with Gasteiger partial charge < -0.3 is 5.32 Å². The molecule has 0 spiro atoms. The standard InChI is InChI=1S/C10H13N/c1-2-8-7-11-10-6-4-3-5-9(8)10/h3-6,8,11H,2,7H2,1H3/t8-/m1/s1. The second-order valence-corrected chi connectivity index (χ2v) is 3.07. The highest BCUT2D eigenvalue weighted by Gasteiger charge is 2.18. The Labute approximate surface area is 67.4 Å². The summed E-state index contributed by atoms with van der Waals surface area (Å²) in [6, 6.07) is 8.59. The quantitative estimate of drug-likeness (QED) is 0.643. The Morgan fingerprint density at radius 3 is 3.09 bits per heavy atom. The van der Waals surface area contributed by atoms with Gasteiger partial charge in [0.05, 0.1) is 0 Å². The molecule has 0 radical (unpaired) electrons. The van der Waals surface area contributed by atoms with Crippen LogP contribution in [0.25, 0.3) is 0 Å². The van der Waals surface area contributed by atoms with Gasteiger partial charge >= 0.3 is 0 Å². The van der Waals surface area contributed by atoms with Crippen molar-refractivity contribution in [3.8, 4) is 0 Å². The number of fused-ring (bicyclic) bond motifs is 1. The van der Waals surface area contributed by atoms with Crippen molar-refractivity contribution in [2.45, 2.75) is 19.3 Å². The zero-order chi connectivity index (χ0) is 7.68. The Bertz CT molecular complexity index is 255. The van der Waals surface area contributed by atoms with Crippen molar-refractivity contribution in [3.05, 3.63) is 29.8 Å². The summed E-state index contributed by atoms with van der Waals surface area (Å²) in [6.45, 7) is 3.37. The van der Waals surface area contributed by atoms with Gasteiger partial charge in [-0.3, -0.25) is 0 Å². The smallest absolute Gasteiger partial charge is 0.0376 e. The third kappa shape index (κ3) is 1.01. The fraction of sp³-hybridized carbons (Fsp3) is 0.400. The molecule has 0 amide bonds. The van der Waals surface area contributed by atoms with E-state index in [-0.39, 0.29) is 0 Å². The second-order valence-electron chi connectivity index (χ2n) is 3.07. The summed E-state index contributed by atoms with van der Waals surface area (Å²) in [6.07, 6.45) is 1.24. The molecule has 1 aliphatic rings. The van der Waals surface area contributed by atoms with Crippen molar-refractivity contribution in [2.24, 2.45) is 0 Å². The molecule has 11 heavy (non-hydrogen) atoms. The average Bonchev–Trinajstić information content (AvgIpc) is 2.47. The SMILES string of the molecule is CC[C@@H]1CNc2ccccc21. The molecule has 1 aromatic carbocycles. The lowest BCUT2D eigenvalue weighted by Crippen LogP contribution is -1.99. The van der Waals surface area contributed by atoms with Gasteiger partial charge in [-0.25, -0.2) is 0 Å². The van der Waals surface area contributed by atoms with Gasteiger partial charge in [-0.15, -0.1) is 0 Å². The minimum atomic E-state index is 0.742. The van der Waals surface area contributed by atoms with E-state index in [9.17, 15) is 0 Å². The van der Waals surface area contributed by atoms with Gasteiger partial charge in [-0.2, -0.15) is 0 Å². The number of hydrogen-bond acceptors (Lipinski definition) is 1. The molecule has 0 fully saturated rings. The molecule has 0 aliphatic carbocycles. The van der Waals surface area contributed by atoms with E-state index < -0.39 is 0 Å². The number of rotatable bonds is 1. The molecule has 0 unspecified atom stereocenters. The maximum absolute atomic E-state index is 3.40. The highest BCUT2D eigenvalue weighted by Crippen LogP contribution is 2.32. The third-order valence-electron chi connectivity index (χ3n) is 2.43. The summed E-state index contributed by atoms with van der Waals surface area (Å²) < 4.78 is 0. The van der Waals surface area contributed by atoms with Crippen LogP contribution < -0.4 is 5.32 Å². The van der Waals surface area contributed by atoms with Gasteiger partial charge in [0.2, 0.25) is 0 Å².